The van der Waals surface area contributed by atoms with Crippen molar-refractivity contribution in [2.75, 3.05) is 13.1 Å². The molecule has 0 saturated carbocycles. The lowest BCUT2D eigenvalue weighted by Crippen LogP contribution is -2.41. The van der Waals surface area contributed by atoms with Crippen LogP contribution in [0.4, 0.5) is 0 Å². The monoisotopic (exact) mass is 263 g/mol. The summed E-state index contributed by atoms with van der Waals surface area (Å²) in [6, 6.07) is 6.31. The Morgan fingerprint density at radius 1 is 1.58 bits per heavy atom. The van der Waals surface area contributed by atoms with Crippen LogP contribution in [0.5, 0.6) is 0 Å². The zero-order chi connectivity index (χ0) is 13.7. The van der Waals surface area contributed by atoms with Gasteiger partial charge in [0.25, 0.3) is 0 Å². The highest BCUT2D eigenvalue weighted by Gasteiger charge is 2.25. The number of aliphatic carboxylic acids is 1. The molecule has 1 aromatic rings. The van der Waals surface area contributed by atoms with Gasteiger partial charge in [-0.25, -0.2) is 0 Å². The van der Waals surface area contributed by atoms with Crippen LogP contribution in [0.3, 0.4) is 0 Å². The number of nitrogens with one attached hydrogen (secondary N) is 1. The third-order valence-corrected chi connectivity index (χ3v) is 3.57. The Morgan fingerprint density at radius 3 is 3.11 bits per heavy atom. The first-order valence-corrected chi connectivity index (χ1v) is 6.74. The van der Waals surface area contributed by atoms with Crippen LogP contribution < -0.4 is 5.32 Å². The van der Waals surface area contributed by atoms with E-state index in [2.05, 4.69) is 22.1 Å². The molecule has 0 radical (unpaired) electrons. The summed E-state index contributed by atoms with van der Waals surface area (Å²) in [4.78, 5) is 17.5. The normalized spacial score (nSPS) is 24.9. The molecule has 2 heterocycles. The molecule has 1 aromatic heterocycles. The highest BCUT2D eigenvalue weighted by Crippen LogP contribution is 2.14. The van der Waals surface area contributed by atoms with Gasteiger partial charge in [0.1, 0.15) is 0 Å². The number of nitrogens with zero attached hydrogens (tertiary/aromatic N) is 2. The maximum Gasteiger partial charge on any atom is 0.304 e. The van der Waals surface area contributed by atoms with E-state index in [0.717, 1.165) is 25.2 Å². The van der Waals surface area contributed by atoms with Crippen LogP contribution in [0.2, 0.25) is 0 Å². The summed E-state index contributed by atoms with van der Waals surface area (Å²) in [5.41, 5.74) is 0.993. The maximum atomic E-state index is 11.0. The third kappa shape index (κ3) is 4.29. The first kappa shape index (κ1) is 14.0. The number of rotatable bonds is 4. The Kier molecular flexibility index (Phi) is 4.87. The van der Waals surface area contributed by atoms with Crippen molar-refractivity contribution in [2.45, 2.75) is 38.4 Å². The molecule has 0 aromatic carbocycles. The molecule has 104 valence electrons. The van der Waals surface area contributed by atoms with Gasteiger partial charge in [0.2, 0.25) is 0 Å². The minimum Gasteiger partial charge on any atom is -0.481 e. The molecule has 19 heavy (non-hydrogen) atoms. The van der Waals surface area contributed by atoms with Crippen molar-refractivity contribution >= 4 is 5.97 Å². The summed E-state index contributed by atoms with van der Waals surface area (Å²) in [7, 11) is 0. The van der Waals surface area contributed by atoms with E-state index in [1.807, 2.05) is 18.2 Å². The summed E-state index contributed by atoms with van der Waals surface area (Å²) in [6.45, 7) is 4.48. The number of carbonyl (C=O) groups is 1. The van der Waals surface area contributed by atoms with Crippen LogP contribution >= 0.6 is 0 Å². The minimum atomic E-state index is -0.743. The van der Waals surface area contributed by atoms with Gasteiger partial charge >= 0.3 is 5.97 Å². The third-order valence-electron chi connectivity index (χ3n) is 3.57. The van der Waals surface area contributed by atoms with E-state index >= 15 is 0 Å². The topological polar surface area (TPSA) is 65.5 Å². The molecule has 0 aliphatic carbocycles. The highest BCUT2D eigenvalue weighted by molar-refractivity contribution is 5.67. The Bertz CT molecular complexity index is 410. The average molecular weight is 263 g/mol. The van der Waals surface area contributed by atoms with Gasteiger partial charge in [0.05, 0.1) is 12.1 Å². The fourth-order valence-electron chi connectivity index (χ4n) is 2.42. The number of hydrogen-bond acceptors (Lipinski definition) is 4. The molecule has 0 bridgehead atoms. The SMILES string of the molecule is CC1CCN(Cc2ccccn2)C(CC(=O)O)CN1. The number of hydrogen-bond donors (Lipinski definition) is 2. The van der Waals surface area contributed by atoms with E-state index in [1.165, 1.54) is 0 Å². The van der Waals surface area contributed by atoms with Gasteiger partial charge in [-0.1, -0.05) is 6.07 Å². The van der Waals surface area contributed by atoms with Gasteiger partial charge in [-0.2, -0.15) is 0 Å². The lowest BCUT2D eigenvalue weighted by Gasteiger charge is -2.28. The van der Waals surface area contributed by atoms with E-state index < -0.39 is 5.97 Å². The van der Waals surface area contributed by atoms with Gasteiger partial charge < -0.3 is 10.4 Å². The van der Waals surface area contributed by atoms with Crippen molar-refractivity contribution in [2.24, 2.45) is 0 Å². The quantitative estimate of drug-likeness (QED) is 0.852. The van der Waals surface area contributed by atoms with Crippen LogP contribution in [-0.4, -0.2) is 46.1 Å². The van der Waals surface area contributed by atoms with Crippen LogP contribution in [0.15, 0.2) is 24.4 Å². The van der Waals surface area contributed by atoms with Crippen LogP contribution in [0.25, 0.3) is 0 Å². The molecule has 1 saturated heterocycles. The first-order chi connectivity index (χ1) is 9.15. The van der Waals surface area contributed by atoms with Crippen molar-refractivity contribution in [1.29, 1.82) is 0 Å². The zero-order valence-corrected chi connectivity index (χ0v) is 11.2. The van der Waals surface area contributed by atoms with Crippen LogP contribution in [-0.2, 0) is 11.3 Å². The van der Waals surface area contributed by atoms with Crippen LogP contribution in [0.1, 0.15) is 25.5 Å². The second-order valence-electron chi connectivity index (χ2n) is 5.14. The number of carboxylic acid groups (broad SMARTS) is 1. The van der Waals surface area contributed by atoms with Gasteiger partial charge in [0, 0.05) is 37.9 Å². The Balaban J connectivity index is 2.06. The minimum absolute atomic E-state index is 0.0319. The van der Waals surface area contributed by atoms with Gasteiger partial charge in [0.15, 0.2) is 0 Å². The summed E-state index contributed by atoms with van der Waals surface area (Å²) in [6.07, 6.45) is 2.98. The predicted octanol–water partition coefficient (Wildman–Crippen LogP) is 1.11. The molecular formula is C14H21N3O2. The molecule has 2 atom stereocenters. The summed E-state index contributed by atoms with van der Waals surface area (Å²) >= 11 is 0. The van der Waals surface area contributed by atoms with E-state index in [0.29, 0.717) is 12.6 Å². The van der Waals surface area contributed by atoms with E-state index in [9.17, 15) is 4.79 Å². The zero-order valence-electron chi connectivity index (χ0n) is 11.2. The highest BCUT2D eigenvalue weighted by atomic mass is 16.4. The molecule has 1 aliphatic heterocycles. The number of carboxylic acids is 1. The van der Waals surface area contributed by atoms with Crippen molar-refractivity contribution in [1.82, 2.24) is 15.2 Å². The van der Waals surface area contributed by atoms with Crippen molar-refractivity contribution in [3.63, 3.8) is 0 Å². The second-order valence-corrected chi connectivity index (χ2v) is 5.14. The summed E-state index contributed by atoms with van der Waals surface area (Å²) in [5.74, 6) is -0.743. The van der Waals surface area contributed by atoms with Gasteiger partial charge in [-0.3, -0.25) is 14.7 Å². The van der Waals surface area contributed by atoms with Gasteiger partial charge in [-0.15, -0.1) is 0 Å². The lowest BCUT2D eigenvalue weighted by atomic mass is 10.1. The Hall–Kier alpha value is -1.46. The average Bonchev–Trinajstić information content (AvgIpc) is 2.55. The molecule has 2 rings (SSSR count). The molecule has 5 heteroatoms. The fraction of sp³-hybridized carbons (Fsp3) is 0.571. The summed E-state index contributed by atoms with van der Waals surface area (Å²) in [5, 5.41) is 12.4. The fourth-order valence-corrected chi connectivity index (χ4v) is 2.42. The maximum absolute atomic E-state index is 11.0. The van der Waals surface area contributed by atoms with Crippen molar-refractivity contribution in [3.05, 3.63) is 30.1 Å². The molecular weight excluding hydrogens is 242 g/mol. The van der Waals surface area contributed by atoms with E-state index in [1.54, 1.807) is 6.20 Å². The standard InChI is InChI=1S/C14H21N3O2/c1-11-5-7-17(10-12-4-2-3-6-15-12)13(9-16-11)8-14(18)19/h2-4,6,11,13,16H,5,7-10H2,1H3,(H,18,19). The smallest absolute Gasteiger partial charge is 0.304 e. The number of pyridine rings is 1. The molecule has 1 fully saturated rings. The Labute approximate surface area is 113 Å². The van der Waals surface area contributed by atoms with Crippen molar-refractivity contribution in [3.8, 4) is 0 Å². The largest absolute Gasteiger partial charge is 0.481 e. The molecule has 0 amide bonds. The van der Waals surface area contributed by atoms with E-state index in [4.69, 9.17) is 5.11 Å². The second kappa shape index (κ2) is 6.63. The van der Waals surface area contributed by atoms with Crippen molar-refractivity contribution < 1.29 is 9.90 Å². The molecule has 5 nitrogen and oxygen atoms in total. The van der Waals surface area contributed by atoms with Gasteiger partial charge in [-0.05, 0) is 25.5 Å². The molecule has 2 N–H and O–H groups in total. The predicted molar refractivity (Wildman–Crippen MR) is 72.8 cm³/mol. The molecule has 2 unspecified atom stereocenters. The Morgan fingerprint density at radius 2 is 2.42 bits per heavy atom. The lowest BCUT2D eigenvalue weighted by molar-refractivity contribution is -0.138. The molecule has 1 aliphatic rings. The summed E-state index contributed by atoms with van der Waals surface area (Å²) < 4.78 is 0. The van der Waals surface area contributed by atoms with Crippen LogP contribution in [0, 0.1) is 0 Å². The molecule has 0 spiro atoms. The van der Waals surface area contributed by atoms with E-state index in [-0.39, 0.29) is 12.5 Å². The first-order valence-electron chi connectivity index (χ1n) is 6.74. The number of aromatic nitrogens is 1.